The number of carbonyl (C=O) groups excluding carboxylic acids is 1. The van der Waals surface area contributed by atoms with Gasteiger partial charge in [-0.3, -0.25) is 4.79 Å². The topological polar surface area (TPSA) is 64.3 Å². The molecular formula is C16H16N2O2. The number of nitrogens with one attached hydrogen (secondary N) is 1. The molecule has 4 heteroatoms. The van der Waals surface area contributed by atoms with E-state index < -0.39 is 0 Å². The smallest absolute Gasteiger partial charge is 0.253 e. The highest BCUT2D eigenvalue weighted by Gasteiger charge is 2.27. The molecule has 0 bridgehead atoms. The van der Waals surface area contributed by atoms with Gasteiger partial charge in [-0.15, -0.1) is 0 Å². The Bertz CT molecular complexity index is 650. The molecule has 0 radical (unpaired) electrons. The first kappa shape index (κ1) is 12.5. The van der Waals surface area contributed by atoms with E-state index in [0.29, 0.717) is 17.8 Å². The molecule has 0 saturated heterocycles. The quantitative estimate of drug-likeness (QED) is 0.820. The molecule has 4 nitrogen and oxygen atoms in total. The highest BCUT2D eigenvalue weighted by molar-refractivity contribution is 6.02. The molecule has 1 heterocycles. The van der Waals surface area contributed by atoms with E-state index in [9.17, 15) is 4.79 Å². The summed E-state index contributed by atoms with van der Waals surface area (Å²) < 4.78 is 5.17. The third kappa shape index (κ3) is 1.99. The number of carbonyl (C=O) groups is 1. The Morgan fingerprint density at radius 3 is 2.65 bits per heavy atom. The number of amides is 1. The van der Waals surface area contributed by atoms with Crippen LogP contribution < -0.4 is 15.8 Å². The summed E-state index contributed by atoms with van der Waals surface area (Å²) in [5, 5.41) is 2.91. The molecule has 1 amide bonds. The summed E-state index contributed by atoms with van der Waals surface area (Å²) in [6.07, 6.45) is 0. The molecule has 3 rings (SSSR count). The molecule has 3 N–H and O–H groups in total. The van der Waals surface area contributed by atoms with Gasteiger partial charge in [-0.1, -0.05) is 24.3 Å². The van der Waals surface area contributed by atoms with Gasteiger partial charge in [0.1, 0.15) is 5.75 Å². The molecule has 2 aromatic carbocycles. The summed E-state index contributed by atoms with van der Waals surface area (Å²) in [5.74, 6) is 0.848. The van der Waals surface area contributed by atoms with Crippen LogP contribution in [0.5, 0.6) is 5.75 Å². The van der Waals surface area contributed by atoms with E-state index >= 15 is 0 Å². The minimum absolute atomic E-state index is 0.0946. The maximum absolute atomic E-state index is 12.0. The molecule has 1 aliphatic rings. The fourth-order valence-corrected chi connectivity index (χ4v) is 2.67. The molecule has 0 saturated carbocycles. The van der Waals surface area contributed by atoms with Gasteiger partial charge < -0.3 is 15.8 Å². The van der Waals surface area contributed by atoms with Gasteiger partial charge in [-0.05, 0) is 29.3 Å². The number of rotatable bonds is 2. The van der Waals surface area contributed by atoms with Crippen LogP contribution in [0.2, 0.25) is 0 Å². The zero-order valence-electron chi connectivity index (χ0n) is 11.2. The second-order valence-electron chi connectivity index (χ2n) is 4.85. The Labute approximate surface area is 117 Å². The van der Waals surface area contributed by atoms with Gasteiger partial charge in [-0.25, -0.2) is 0 Å². The molecule has 0 aromatic heterocycles. The number of nitrogen functional groups attached to an aromatic ring is 1. The number of hydrogen-bond acceptors (Lipinski definition) is 3. The lowest BCUT2D eigenvalue weighted by Crippen LogP contribution is -2.36. The minimum Gasteiger partial charge on any atom is -0.497 e. The lowest BCUT2D eigenvalue weighted by atomic mass is 9.84. The van der Waals surface area contributed by atoms with Crippen LogP contribution in [0.15, 0.2) is 42.5 Å². The van der Waals surface area contributed by atoms with Gasteiger partial charge in [0.15, 0.2) is 0 Å². The monoisotopic (exact) mass is 268 g/mol. The average molecular weight is 268 g/mol. The number of hydrogen-bond donors (Lipinski definition) is 2. The molecule has 0 spiro atoms. The summed E-state index contributed by atoms with van der Waals surface area (Å²) in [6.45, 7) is 0.585. The van der Waals surface area contributed by atoms with Crippen LogP contribution >= 0.6 is 0 Å². The van der Waals surface area contributed by atoms with E-state index in [2.05, 4.69) is 5.32 Å². The van der Waals surface area contributed by atoms with Crippen LogP contribution in [-0.4, -0.2) is 19.6 Å². The number of methoxy groups -OCH3 is 1. The summed E-state index contributed by atoms with van der Waals surface area (Å²) in [7, 11) is 1.64. The van der Waals surface area contributed by atoms with Crippen LogP contribution in [0.1, 0.15) is 27.4 Å². The zero-order chi connectivity index (χ0) is 14.1. The summed E-state index contributed by atoms with van der Waals surface area (Å²) in [5.41, 5.74) is 9.18. The van der Waals surface area contributed by atoms with Gasteiger partial charge >= 0.3 is 0 Å². The van der Waals surface area contributed by atoms with Gasteiger partial charge in [0.2, 0.25) is 0 Å². The molecular weight excluding hydrogens is 252 g/mol. The van der Waals surface area contributed by atoms with Crippen molar-refractivity contribution >= 4 is 11.6 Å². The lowest BCUT2D eigenvalue weighted by molar-refractivity contribution is 0.0943. The second kappa shape index (κ2) is 4.89. The number of ether oxygens (including phenoxy) is 1. The molecule has 20 heavy (non-hydrogen) atoms. The fourth-order valence-electron chi connectivity index (χ4n) is 2.67. The summed E-state index contributed by atoms with van der Waals surface area (Å²) >= 11 is 0. The zero-order valence-corrected chi connectivity index (χ0v) is 11.2. The molecule has 2 aromatic rings. The van der Waals surface area contributed by atoms with E-state index in [0.717, 1.165) is 16.9 Å². The van der Waals surface area contributed by atoms with Crippen molar-refractivity contribution in [2.45, 2.75) is 5.92 Å². The minimum atomic E-state index is -0.0946. The van der Waals surface area contributed by atoms with Crippen molar-refractivity contribution in [3.8, 4) is 5.75 Å². The van der Waals surface area contributed by atoms with Gasteiger partial charge in [0, 0.05) is 18.2 Å². The first-order valence-electron chi connectivity index (χ1n) is 6.51. The first-order valence-corrected chi connectivity index (χ1v) is 6.51. The molecule has 102 valence electrons. The lowest BCUT2D eigenvalue weighted by Gasteiger charge is -2.27. The van der Waals surface area contributed by atoms with Crippen LogP contribution in [0.4, 0.5) is 5.69 Å². The SMILES string of the molecule is COc1ccc(C2CNC(=O)c3c(N)cccc32)cc1. The Morgan fingerprint density at radius 1 is 1.20 bits per heavy atom. The molecule has 1 unspecified atom stereocenters. The predicted molar refractivity (Wildman–Crippen MR) is 78.0 cm³/mol. The maximum Gasteiger partial charge on any atom is 0.253 e. The second-order valence-corrected chi connectivity index (χ2v) is 4.85. The van der Waals surface area contributed by atoms with Gasteiger partial charge in [0.25, 0.3) is 5.91 Å². The molecule has 0 fully saturated rings. The maximum atomic E-state index is 12.0. The van der Waals surface area contributed by atoms with E-state index in [4.69, 9.17) is 10.5 Å². The van der Waals surface area contributed by atoms with Crippen molar-refractivity contribution in [2.75, 3.05) is 19.4 Å². The van der Waals surface area contributed by atoms with E-state index in [-0.39, 0.29) is 11.8 Å². The number of fused-ring (bicyclic) bond motifs is 1. The van der Waals surface area contributed by atoms with Crippen LogP contribution in [0.25, 0.3) is 0 Å². The predicted octanol–water partition coefficient (Wildman–Crippen LogP) is 2.15. The molecule has 1 aliphatic heterocycles. The van der Waals surface area contributed by atoms with Crippen molar-refractivity contribution in [1.82, 2.24) is 5.32 Å². The molecule has 1 atom stereocenters. The van der Waals surface area contributed by atoms with E-state index in [1.165, 1.54) is 0 Å². The van der Waals surface area contributed by atoms with E-state index in [1.807, 2.05) is 36.4 Å². The van der Waals surface area contributed by atoms with Crippen LogP contribution in [-0.2, 0) is 0 Å². The van der Waals surface area contributed by atoms with Crippen LogP contribution in [0.3, 0.4) is 0 Å². The van der Waals surface area contributed by atoms with E-state index in [1.54, 1.807) is 13.2 Å². The number of anilines is 1. The van der Waals surface area contributed by atoms with Crippen LogP contribution in [0, 0.1) is 0 Å². The summed E-state index contributed by atoms with van der Waals surface area (Å²) in [6, 6.07) is 13.5. The Balaban J connectivity index is 2.06. The van der Waals surface area contributed by atoms with Gasteiger partial charge in [0.05, 0.1) is 12.7 Å². The highest BCUT2D eigenvalue weighted by Crippen LogP contribution is 2.33. The third-order valence-electron chi connectivity index (χ3n) is 3.72. The Morgan fingerprint density at radius 2 is 1.95 bits per heavy atom. The average Bonchev–Trinajstić information content (AvgIpc) is 2.48. The standard InChI is InChI=1S/C16H16N2O2/c1-20-11-7-5-10(6-8-11)13-9-18-16(19)15-12(13)3-2-4-14(15)17/h2-8,13H,9,17H2,1H3,(H,18,19). The van der Waals surface area contributed by atoms with Crippen molar-refractivity contribution in [3.05, 3.63) is 59.2 Å². The van der Waals surface area contributed by atoms with Crippen molar-refractivity contribution in [3.63, 3.8) is 0 Å². The highest BCUT2D eigenvalue weighted by atomic mass is 16.5. The van der Waals surface area contributed by atoms with Crippen molar-refractivity contribution < 1.29 is 9.53 Å². The van der Waals surface area contributed by atoms with Gasteiger partial charge in [-0.2, -0.15) is 0 Å². The molecule has 0 aliphatic carbocycles. The Kier molecular flexibility index (Phi) is 3.06. The van der Waals surface area contributed by atoms with Crippen molar-refractivity contribution in [1.29, 1.82) is 0 Å². The van der Waals surface area contributed by atoms with Crippen molar-refractivity contribution in [2.24, 2.45) is 0 Å². The first-order chi connectivity index (χ1) is 9.70. The third-order valence-corrected chi connectivity index (χ3v) is 3.72. The normalized spacial score (nSPS) is 17.2. The number of nitrogens with two attached hydrogens (primary N) is 1. The summed E-state index contributed by atoms with van der Waals surface area (Å²) in [4.78, 5) is 12.0. The largest absolute Gasteiger partial charge is 0.497 e. The number of benzene rings is 2. The Hall–Kier alpha value is -2.49. The fraction of sp³-hybridized carbons (Fsp3) is 0.188.